The fourth-order valence-corrected chi connectivity index (χ4v) is 1.72. The van der Waals surface area contributed by atoms with Crippen molar-refractivity contribution in [1.29, 1.82) is 0 Å². The Balaban J connectivity index is 4.54. The third-order valence-electron chi connectivity index (χ3n) is 3.38. The van der Waals surface area contributed by atoms with E-state index in [1.165, 1.54) is 0 Å². The minimum absolute atomic E-state index is 0.0773. The second-order valence-corrected chi connectivity index (χ2v) is 4.42. The molecule has 15 heavy (non-hydrogen) atoms. The zero-order valence-corrected chi connectivity index (χ0v) is 10.8. The second kappa shape index (κ2) is 6.11. The van der Waals surface area contributed by atoms with Gasteiger partial charge >= 0.3 is 0 Å². The number of hydrogen-bond acceptors (Lipinski definition) is 2. The minimum atomic E-state index is -0.670. The van der Waals surface area contributed by atoms with E-state index in [9.17, 15) is 4.79 Å². The molecular formula is C12H26N2O. The summed E-state index contributed by atoms with van der Waals surface area (Å²) in [7, 11) is 1.86. The molecule has 0 heterocycles. The predicted molar refractivity (Wildman–Crippen MR) is 64.6 cm³/mol. The van der Waals surface area contributed by atoms with Gasteiger partial charge in [-0.2, -0.15) is 0 Å². The van der Waals surface area contributed by atoms with E-state index in [0.717, 1.165) is 12.8 Å². The van der Waals surface area contributed by atoms with Crippen molar-refractivity contribution < 1.29 is 4.79 Å². The van der Waals surface area contributed by atoms with E-state index in [-0.39, 0.29) is 11.9 Å². The van der Waals surface area contributed by atoms with Crippen molar-refractivity contribution in [2.24, 2.45) is 5.73 Å². The van der Waals surface area contributed by atoms with Crippen LogP contribution in [0.3, 0.4) is 0 Å². The Bertz CT molecular complexity index is 200. The van der Waals surface area contributed by atoms with Crippen molar-refractivity contribution in [3.05, 3.63) is 0 Å². The number of likely N-dealkylation sites (N-methyl/N-ethyl adjacent to an activating group) is 1. The van der Waals surface area contributed by atoms with E-state index in [1.807, 2.05) is 20.9 Å². The fourth-order valence-electron chi connectivity index (χ4n) is 1.72. The second-order valence-electron chi connectivity index (χ2n) is 4.42. The molecular weight excluding hydrogens is 188 g/mol. The summed E-state index contributed by atoms with van der Waals surface area (Å²) in [5, 5.41) is 0. The van der Waals surface area contributed by atoms with Crippen LogP contribution >= 0.6 is 0 Å². The normalized spacial score (nSPS) is 13.7. The largest absolute Gasteiger partial charge is 0.341 e. The summed E-state index contributed by atoms with van der Waals surface area (Å²) >= 11 is 0. The number of rotatable bonds is 6. The maximum atomic E-state index is 12.1. The third-order valence-corrected chi connectivity index (χ3v) is 3.38. The van der Waals surface area contributed by atoms with Crippen molar-refractivity contribution in [2.75, 3.05) is 7.05 Å². The molecule has 0 aromatic rings. The molecule has 0 spiro atoms. The van der Waals surface area contributed by atoms with Gasteiger partial charge in [-0.3, -0.25) is 4.79 Å². The molecule has 3 heteroatoms. The minimum Gasteiger partial charge on any atom is -0.341 e. The lowest BCUT2D eigenvalue weighted by Gasteiger charge is -2.34. The van der Waals surface area contributed by atoms with Gasteiger partial charge in [0.15, 0.2) is 0 Å². The van der Waals surface area contributed by atoms with Crippen LogP contribution in [-0.4, -0.2) is 29.4 Å². The summed E-state index contributed by atoms with van der Waals surface area (Å²) in [6, 6.07) is 0.281. The first-order valence-corrected chi connectivity index (χ1v) is 5.99. The van der Waals surface area contributed by atoms with Gasteiger partial charge in [-0.1, -0.05) is 27.2 Å². The van der Waals surface area contributed by atoms with Gasteiger partial charge in [0.2, 0.25) is 5.91 Å². The van der Waals surface area contributed by atoms with Crippen LogP contribution in [0.15, 0.2) is 0 Å². The zero-order valence-electron chi connectivity index (χ0n) is 10.8. The van der Waals surface area contributed by atoms with Gasteiger partial charge in [0.1, 0.15) is 0 Å². The lowest BCUT2D eigenvalue weighted by Crippen LogP contribution is -2.55. The summed E-state index contributed by atoms with van der Waals surface area (Å²) in [4.78, 5) is 13.9. The Labute approximate surface area is 94.0 Å². The van der Waals surface area contributed by atoms with E-state index < -0.39 is 5.54 Å². The monoisotopic (exact) mass is 214 g/mol. The quantitative estimate of drug-likeness (QED) is 0.736. The summed E-state index contributed by atoms with van der Waals surface area (Å²) in [6.07, 6.45) is 3.53. The Morgan fingerprint density at radius 2 is 1.80 bits per heavy atom. The van der Waals surface area contributed by atoms with Crippen LogP contribution in [0.5, 0.6) is 0 Å². The maximum Gasteiger partial charge on any atom is 0.242 e. The number of amides is 1. The van der Waals surface area contributed by atoms with Gasteiger partial charge in [0.25, 0.3) is 0 Å². The number of hydrogen-bond donors (Lipinski definition) is 1. The first-order chi connectivity index (χ1) is 6.92. The zero-order chi connectivity index (χ0) is 12.1. The first kappa shape index (κ1) is 14.4. The number of nitrogens with two attached hydrogens (primary N) is 1. The van der Waals surface area contributed by atoms with Crippen LogP contribution < -0.4 is 5.73 Å². The molecule has 0 fully saturated rings. The lowest BCUT2D eigenvalue weighted by molar-refractivity contribution is -0.137. The molecule has 0 aliphatic rings. The summed E-state index contributed by atoms with van der Waals surface area (Å²) in [6.45, 7) is 8.15. The highest BCUT2D eigenvalue weighted by Crippen LogP contribution is 2.17. The summed E-state index contributed by atoms with van der Waals surface area (Å²) in [5.74, 6) is 0.0773. The molecule has 3 nitrogen and oxygen atoms in total. The van der Waals surface area contributed by atoms with E-state index >= 15 is 0 Å². The first-order valence-electron chi connectivity index (χ1n) is 5.99. The third kappa shape index (κ3) is 3.49. The molecule has 1 atom stereocenters. The van der Waals surface area contributed by atoms with Gasteiger partial charge < -0.3 is 10.6 Å². The highest BCUT2D eigenvalue weighted by atomic mass is 16.2. The van der Waals surface area contributed by atoms with Crippen LogP contribution in [0.4, 0.5) is 0 Å². The molecule has 0 aliphatic heterocycles. The van der Waals surface area contributed by atoms with Crippen molar-refractivity contribution in [2.45, 2.75) is 65.0 Å². The summed E-state index contributed by atoms with van der Waals surface area (Å²) < 4.78 is 0. The van der Waals surface area contributed by atoms with E-state index in [0.29, 0.717) is 12.8 Å². The van der Waals surface area contributed by atoms with Crippen molar-refractivity contribution in [1.82, 2.24) is 4.90 Å². The van der Waals surface area contributed by atoms with E-state index in [1.54, 1.807) is 4.90 Å². The molecule has 1 amide bonds. The molecule has 0 bridgehead atoms. The molecule has 0 aromatic heterocycles. The topological polar surface area (TPSA) is 46.3 Å². The highest BCUT2D eigenvalue weighted by molar-refractivity contribution is 5.86. The van der Waals surface area contributed by atoms with Gasteiger partial charge in [0.05, 0.1) is 5.54 Å². The van der Waals surface area contributed by atoms with Crippen LogP contribution in [0.1, 0.15) is 53.4 Å². The molecule has 0 saturated heterocycles. The number of carbonyl (C=O) groups excluding carboxylic acids is 1. The van der Waals surface area contributed by atoms with E-state index in [2.05, 4.69) is 13.8 Å². The smallest absolute Gasteiger partial charge is 0.242 e. The molecule has 0 radical (unpaired) electrons. The molecule has 90 valence electrons. The Hall–Kier alpha value is -0.570. The number of nitrogens with zero attached hydrogens (tertiary/aromatic N) is 1. The summed E-state index contributed by atoms with van der Waals surface area (Å²) in [5.41, 5.74) is 5.41. The standard InChI is InChI=1S/C12H26N2O/c1-6-9-10(4)14(5)11(15)12(13,7-2)8-3/h10H,6-9,13H2,1-5H3. The molecule has 1 unspecified atom stereocenters. The van der Waals surface area contributed by atoms with Gasteiger partial charge in [0, 0.05) is 13.1 Å². The molecule has 0 saturated carbocycles. The van der Waals surface area contributed by atoms with Crippen LogP contribution in [0, 0.1) is 0 Å². The van der Waals surface area contributed by atoms with Crippen LogP contribution in [0.2, 0.25) is 0 Å². The van der Waals surface area contributed by atoms with Crippen LogP contribution in [0.25, 0.3) is 0 Å². The molecule has 0 aromatic carbocycles. The molecule has 0 aliphatic carbocycles. The van der Waals surface area contributed by atoms with Gasteiger partial charge in [-0.25, -0.2) is 0 Å². The molecule has 2 N–H and O–H groups in total. The Kier molecular flexibility index (Phi) is 5.88. The van der Waals surface area contributed by atoms with Crippen molar-refractivity contribution in [3.8, 4) is 0 Å². The SMILES string of the molecule is CCCC(C)N(C)C(=O)C(N)(CC)CC. The van der Waals surface area contributed by atoms with Gasteiger partial charge in [-0.05, 0) is 26.2 Å². The Morgan fingerprint density at radius 3 is 2.13 bits per heavy atom. The highest BCUT2D eigenvalue weighted by Gasteiger charge is 2.33. The van der Waals surface area contributed by atoms with Crippen LogP contribution in [-0.2, 0) is 4.79 Å². The van der Waals surface area contributed by atoms with Crippen molar-refractivity contribution >= 4 is 5.91 Å². The predicted octanol–water partition coefficient (Wildman–Crippen LogP) is 2.15. The average Bonchev–Trinajstić information content (AvgIpc) is 2.26. The van der Waals surface area contributed by atoms with E-state index in [4.69, 9.17) is 5.73 Å². The fraction of sp³-hybridized carbons (Fsp3) is 0.917. The average molecular weight is 214 g/mol. The maximum absolute atomic E-state index is 12.1. The van der Waals surface area contributed by atoms with Crippen molar-refractivity contribution in [3.63, 3.8) is 0 Å². The lowest BCUT2D eigenvalue weighted by atomic mass is 9.92. The number of carbonyl (C=O) groups is 1. The Morgan fingerprint density at radius 1 is 1.33 bits per heavy atom. The molecule has 0 rings (SSSR count). The van der Waals surface area contributed by atoms with Gasteiger partial charge in [-0.15, -0.1) is 0 Å².